The topological polar surface area (TPSA) is 75.3 Å². The monoisotopic (exact) mass is 212 g/mol. The van der Waals surface area contributed by atoms with Crippen molar-refractivity contribution in [2.24, 2.45) is 0 Å². The van der Waals surface area contributed by atoms with E-state index in [2.05, 4.69) is 17.6 Å². The molecule has 1 rings (SSSR count). The minimum Gasteiger partial charge on any atom is -0.317 e. The molecule has 0 aliphatic carbocycles. The maximum atomic E-state index is 11.4. The first-order valence-electron chi connectivity index (χ1n) is 5.24. The standard InChI is InChI=1S/C10H16N2O3/c1-2-3-4-5-6-10(7-13)8(14)11-9(15)12-10/h7H,2-6H2,1H3,(H2,11,12,14,15)/t10-/m0/s1. The minimum absolute atomic E-state index is 0.383. The molecule has 5 nitrogen and oxygen atoms in total. The van der Waals surface area contributed by atoms with Crippen molar-refractivity contribution in [1.82, 2.24) is 10.6 Å². The summed E-state index contributed by atoms with van der Waals surface area (Å²) in [7, 11) is 0. The molecule has 1 aliphatic rings. The molecule has 15 heavy (non-hydrogen) atoms. The molecule has 0 saturated carbocycles. The third-order valence-electron chi connectivity index (χ3n) is 2.59. The van der Waals surface area contributed by atoms with E-state index in [4.69, 9.17) is 0 Å². The van der Waals surface area contributed by atoms with Gasteiger partial charge in [-0.25, -0.2) is 4.79 Å². The first kappa shape index (κ1) is 11.7. The highest BCUT2D eigenvalue weighted by molar-refractivity contribution is 6.15. The molecule has 0 aromatic rings. The minimum atomic E-state index is -1.31. The third kappa shape index (κ3) is 2.55. The number of amides is 3. The summed E-state index contributed by atoms with van der Waals surface area (Å²) in [5.41, 5.74) is -1.31. The fraction of sp³-hybridized carbons (Fsp3) is 0.700. The smallest absolute Gasteiger partial charge is 0.317 e. The van der Waals surface area contributed by atoms with Crippen LogP contribution in [0.4, 0.5) is 4.79 Å². The van der Waals surface area contributed by atoms with Crippen LogP contribution in [0.2, 0.25) is 0 Å². The van der Waals surface area contributed by atoms with Gasteiger partial charge in [-0.15, -0.1) is 0 Å². The van der Waals surface area contributed by atoms with E-state index >= 15 is 0 Å². The zero-order chi connectivity index (χ0) is 11.3. The number of rotatable bonds is 6. The molecule has 0 spiro atoms. The number of aldehydes is 1. The van der Waals surface area contributed by atoms with Crippen LogP contribution in [0.5, 0.6) is 0 Å². The van der Waals surface area contributed by atoms with E-state index in [1.807, 2.05) is 0 Å². The number of carbonyl (C=O) groups is 3. The Morgan fingerprint density at radius 3 is 2.47 bits per heavy atom. The second kappa shape index (κ2) is 4.91. The highest BCUT2D eigenvalue weighted by Crippen LogP contribution is 2.17. The molecule has 84 valence electrons. The Bertz CT molecular complexity index is 278. The zero-order valence-electron chi connectivity index (χ0n) is 8.84. The highest BCUT2D eigenvalue weighted by Gasteiger charge is 2.45. The Morgan fingerprint density at radius 2 is 2.00 bits per heavy atom. The van der Waals surface area contributed by atoms with Gasteiger partial charge in [0, 0.05) is 0 Å². The lowest BCUT2D eigenvalue weighted by Crippen LogP contribution is -2.48. The van der Waals surface area contributed by atoms with Crippen molar-refractivity contribution in [3.05, 3.63) is 0 Å². The molecule has 1 aliphatic heterocycles. The van der Waals surface area contributed by atoms with Crippen LogP contribution in [0.3, 0.4) is 0 Å². The van der Waals surface area contributed by atoms with Gasteiger partial charge in [-0.1, -0.05) is 32.6 Å². The van der Waals surface area contributed by atoms with Crippen molar-refractivity contribution in [3.8, 4) is 0 Å². The van der Waals surface area contributed by atoms with Gasteiger partial charge in [-0.2, -0.15) is 0 Å². The lowest BCUT2D eigenvalue weighted by atomic mass is 9.94. The van der Waals surface area contributed by atoms with Crippen LogP contribution in [0.25, 0.3) is 0 Å². The quantitative estimate of drug-likeness (QED) is 0.295. The zero-order valence-corrected chi connectivity index (χ0v) is 8.84. The molecule has 0 aromatic carbocycles. The molecule has 3 amide bonds. The number of carbonyl (C=O) groups excluding carboxylic acids is 3. The molecular formula is C10H16N2O3. The summed E-state index contributed by atoms with van der Waals surface area (Å²) in [5.74, 6) is -0.529. The molecule has 0 unspecified atom stereocenters. The summed E-state index contributed by atoms with van der Waals surface area (Å²) in [6, 6.07) is -0.581. The summed E-state index contributed by atoms with van der Waals surface area (Å²) in [6.45, 7) is 2.08. The van der Waals surface area contributed by atoms with Crippen LogP contribution in [0.15, 0.2) is 0 Å². The maximum absolute atomic E-state index is 11.4. The van der Waals surface area contributed by atoms with E-state index in [0.717, 1.165) is 25.7 Å². The molecule has 0 bridgehead atoms. The van der Waals surface area contributed by atoms with E-state index < -0.39 is 17.5 Å². The summed E-state index contributed by atoms with van der Waals surface area (Å²) in [4.78, 5) is 33.2. The lowest BCUT2D eigenvalue weighted by Gasteiger charge is -2.18. The average Bonchev–Trinajstić information content (AvgIpc) is 2.49. The number of imide groups is 1. The van der Waals surface area contributed by atoms with Crippen molar-refractivity contribution in [2.45, 2.75) is 44.6 Å². The first-order valence-corrected chi connectivity index (χ1v) is 5.24. The summed E-state index contributed by atoms with van der Waals surface area (Å²) >= 11 is 0. The highest BCUT2D eigenvalue weighted by atomic mass is 16.2. The Hall–Kier alpha value is -1.39. The Morgan fingerprint density at radius 1 is 1.27 bits per heavy atom. The predicted molar refractivity (Wildman–Crippen MR) is 54.2 cm³/mol. The fourth-order valence-corrected chi connectivity index (χ4v) is 1.65. The molecule has 1 heterocycles. The number of hydrogen-bond donors (Lipinski definition) is 2. The van der Waals surface area contributed by atoms with E-state index in [1.54, 1.807) is 0 Å². The van der Waals surface area contributed by atoms with Crippen molar-refractivity contribution in [3.63, 3.8) is 0 Å². The second-order valence-electron chi connectivity index (χ2n) is 3.81. The first-order chi connectivity index (χ1) is 7.14. The van der Waals surface area contributed by atoms with Gasteiger partial charge in [-0.3, -0.25) is 10.1 Å². The van der Waals surface area contributed by atoms with Crippen LogP contribution in [-0.2, 0) is 9.59 Å². The van der Waals surface area contributed by atoms with Crippen LogP contribution in [0, 0.1) is 0 Å². The van der Waals surface area contributed by atoms with Crippen LogP contribution in [0.1, 0.15) is 39.0 Å². The molecule has 1 atom stereocenters. The Kier molecular flexibility index (Phi) is 3.82. The molecule has 1 saturated heterocycles. The van der Waals surface area contributed by atoms with Crippen molar-refractivity contribution >= 4 is 18.2 Å². The van der Waals surface area contributed by atoms with Gasteiger partial charge in [0.1, 0.15) is 0 Å². The van der Waals surface area contributed by atoms with E-state index in [1.165, 1.54) is 0 Å². The van der Waals surface area contributed by atoms with Gasteiger partial charge in [0.15, 0.2) is 11.8 Å². The predicted octanol–water partition coefficient (Wildman–Crippen LogP) is 0.734. The van der Waals surface area contributed by atoms with E-state index in [0.29, 0.717) is 12.7 Å². The van der Waals surface area contributed by atoms with Gasteiger partial charge in [-0.05, 0) is 6.42 Å². The number of hydrogen-bond acceptors (Lipinski definition) is 3. The van der Waals surface area contributed by atoms with Crippen LogP contribution in [-0.4, -0.2) is 23.8 Å². The van der Waals surface area contributed by atoms with Crippen LogP contribution < -0.4 is 10.6 Å². The Balaban J connectivity index is 2.50. The second-order valence-corrected chi connectivity index (χ2v) is 3.81. The fourth-order valence-electron chi connectivity index (χ4n) is 1.65. The molecule has 0 aromatic heterocycles. The molecular weight excluding hydrogens is 196 g/mol. The van der Waals surface area contributed by atoms with Gasteiger partial charge in [0.25, 0.3) is 5.91 Å². The number of urea groups is 1. The molecule has 5 heteroatoms. The number of nitrogens with one attached hydrogen (secondary N) is 2. The largest absolute Gasteiger partial charge is 0.322 e. The van der Waals surface area contributed by atoms with Crippen molar-refractivity contribution in [2.75, 3.05) is 0 Å². The third-order valence-corrected chi connectivity index (χ3v) is 2.59. The SMILES string of the molecule is CCCCCC[C@@]1(C=O)NC(=O)NC1=O. The summed E-state index contributed by atoms with van der Waals surface area (Å²) in [5, 5.41) is 4.46. The van der Waals surface area contributed by atoms with Crippen molar-refractivity contribution in [1.29, 1.82) is 0 Å². The van der Waals surface area contributed by atoms with Crippen molar-refractivity contribution < 1.29 is 14.4 Å². The number of unbranched alkanes of at least 4 members (excludes halogenated alkanes) is 3. The van der Waals surface area contributed by atoms with Gasteiger partial charge >= 0.3 is 6.03 Å². The van der Waals surface area contributed by atoms with Gasteiger partial charge in [0.2, 0.25) is 0 Å². The normalized spacial score (nSPS) is 24.9. The lowest BCUT2D eigenvalue weighted by molar-refractivity contribution is -0.129. The summed E-state index contributed by atoms with van der Waals surface area (Å²) in [6.07, 6.45) is 4.81. The Labute approximate surface area is 88.6 Å². The van der Waals surface area contributed by atoms with Gasteiger partial charge < -0.3 is 10.1 Å². The maximum Gasteiger partial charge on any atom is 0.322 e. The summed E-state index contributed by atoms with van der Waals surface area (Å²) < 4.78 is 0. The van der Waals surface area contributed by atoms with E-state index in [9.17, 15) is 14.4 Å². The van der Waals surface area contributed by atoms with Gasteiger partial charge in [0.05, 0.1) is 0 Å². The average molecular weight is 212 g/mol. The van der Waals surface area contributed by atoms with E-state index in [-0.39, 0.29) is 0 Å². The molecule has 2 N–H and O–H groups in total. The molecule has 0 radical (unpaired) electrons. The van der Waals surface area contributed by atoms with Crippen LogP contribution >= 0.6 is 0 Å². The molecule has 1 fully saturated rings.